The third-order valence-corrected chi connectivity index (χ3v) is 5.08. The number of nitrogens with zero attached hydrogens (tertiary/aromatic N) is 3. The molecule has 2 rings (SSSR count). The fourth-order valence-electron chi connectivity index (χ4n) is 2.16. The van der Waals surface area contributed by atoms with E-state index >= 15 is 0 Å². The molecule has 0 unspecified atom stereocenters. The molecule has 8 heteroatoms. The molecule has 0 aliphatic carbocycles. The third kappa shape index (κ3) is 3.53. The smallest absolute Gasteiger partial charge is 0.260 e. The molecule has 1 N–H and O–H groups in total. The Morgan fingerprint density at radius 1 is 1.37 bits per heavy atom. The summed E-state index contributed by atoms with van der Waals surface area (Å²) in [6, 6.07) is 1.49. The Labute approximate surface area is 113 Å². The van der Waals surface area contributed by atoms with Crippen molar-refractivity contribution in [3.8, 4) is 0 Å². The Kier molecular flexibility index (Phi) is 4.92. The van der Waals surface area contributed by atoms with E-state index in [0.717, 1.165) is 26.1 Å². The Balaban J connectivity index is 1.99. The number of ether oxygens (including phenoxy) is 1. The molecule has 0 aromatic carbocycles. The molecular formula is C11H20N4O3S. The zero-order valence-corrected chi connectivity index (χ0v) is 11.9. The van der Waals surface area contributed by atoms with Crippen LogP contribution in [0.1, 0.15) is 6.42 Å². The van der Waals surface area contributed by atoms with Crippen LogP contribution in [0.25, 0.3) is 0 Å². The van der Waals surface area contributed by atoms with Gasteiger partial charge in [0, 0.05) is 33.3 Å². The van der Waals surface area contributed by atoms with E-state index in [-0.39, 0.29) is 5.03 Å². The van der Waals surface area contributed by atoms with Crippen LogP contribution in [0.3, 0.4) is 0 Å². The molecule has 1 saturated heterocycles. The minimum atomic E-state index is -3.43. The predicted molar refractivity (Wildman–Crippen MR) is 70.3 cm³/mol. The fraction of sp³-hybridized carbons (Fsp3) is 0.727. The highest BCUT2D eigenvalue weighted by Crippen LogP contribution is 2.15. The van der Waals surface area contributed by atoms with E-state index in [1.807, 2.05) is 0 Å². The van der Waals surface area contributed by atoms with Crippen LogP contribution >= 0.6 is 0 Å². The monoisotopic (exact) mass is 288 g/mol. The minimum Gasteiger partial charge on any atom is -0.383 e. The summed E-state index contributed by atoms with van der Waals surface area (Å²) in [6.07, 6.45) is 2.28. The molecule has 2 heterocycles. The van der Waals surface area contributed by atoms with Gasteiger partial charge in [-0.25, -0.2) is 8.42 Å². The highest BCUT2D eigenvalue weighted by molar-refractivity contribution is 7.89. The Morgan fingerprint density at radius 2 is 2.21 bits per heavy atom. The lowest BCUT2D eigenvalue weighted by molar-refractivity contribution is 0.151. The van der Waals surface area contributed by atoms with Gasteiger partial charge in [-0.2, -0.15) is 9.40 Å². The third-order valence-electron chi connectivity index (χ3n) is 3.25. The maximum atomic E-state index is 12.3. The molecule has 7 nitrogen and oxygen atoms in total. The summed E-state index contributed by atoms with van der Waals surface area (Å²) in [5, 5.41) is 6.40. The van der Waals surface area contributed by atoms with Gasteiger partial charge in [0.05, 0.1) is 12.8 Å². The van der Waals surface area contributed by atoms with Crippen LogP contribution in [0.15, 0.2) is 17.3 Å². The lowest BCUT2D eigenvalue weighted by atomic mass is 10.4. The van der Waals surface area contributed by atoms with Crippen LogP contribution in [0.4, 0.5) is 0 Å². The van der Waals surface area contributed by atoms with Gasteiger partial charge in [-0.15, -0.1) is 0 Å². The fourth-order valence-corrected chi connectivity index (χ4v) is 3.53. The lowest BCUT2D eigenvalue weighted by Gasteiger charge is -2.20. The van der Waals surface area contributed by atoms with Gasteiger partial charge in [0.15, 0.2) is 5.03 Å². The van der Waals surface area contributed by atoms with Crippen LogP contribution in [-0.2, 0) is 14.8 Å². The van der Waals surface area contributed by atoms with Gasteiger partial charge >= 0.3 is 0 Å². The topological polar surface area (TPSA) is 78.5 Å². The van der Waals surface area contributed by atoms with Crippen molar-refractivity contribution in [2.24, 2.45) is 0 Å². The maximum absolute atomic E-state index is 12.3. The normalized spacial score (nSPS) is 19.4. The van der Waals surface area contributed by atoms with Crippen molar-refractivity contribution in [2.75, 3.05) is 46.4 Å². The number of hydrogen-bond acceptors (Lipinski definition) is 5. The number of rotatable bonds is 5. The first kappa shape index (κ1) is 14.4. The maximum Gasteiger partial charge on any atom is 0.260 e. The highest BCUT2D eigenvalue weighted by Gasteiger charge is 2.27. The second kappa shape index (κ2) is 6.47. The molecule has 0 bridgehead atoms. The summed E-state index contributed by atoms with van der Waals surface area (Å²) in [4.78, 5) is 2.23. The van der Waals surface area contributed by atoms with E-state index in [4.69, 9.17) is 4.74 Å². The molecular weight excluding hydrogens is 268 g/mol. The molecule has 0 spiro atoms. The quantitative estimate of drug-likeness (QED) is 0.808. The largest absolute Gasteiger partial charge is 0.383 e. The van der Waals surface area contributed by atoms with Crippen LogP contribution in [0, 0.1) is 0 Å². The van der Waals surface area contributed by atoms with Crippen LogP contribution < -0.4 is 0 Å². The number of methoxy groups -OCH3 is 1. The van der Waals surface area contributed by atoms with Crippen molar-refractivity contribution >= 4 is 10.0 Å². The summed E-state index contributed by atoms with van der Waals surface area (Å²) in [7, 11) is -1.76. The van der Waals surface area contributed by atoms with Crippen molar-refractivity contribution in [3.63, 3.8) is 0 Å². The molecule has 0 radical (unpaired) electrons. The van der Waals surface area contributed by atoms with Crippen molar-refractivity contribution in [3.05, 3.63) is 12.3 Å². The molecule has 1 aromatic rings. The van der Waals surface area contributed by atoms with Gasteiger partial charge in [-0.3, -0.25) is 10.00 Å². The van der Waals surface area contributed by atoms with Crippen molar-refractivity contribution in [1.82, 2.24) is 19.4 Å². The first-order chi connectivity index (χ1) is 9.14. The van der Waals surface area contributed by atoms with Crippen LogP contribution in [0.2, 0.25) is 0 Å². The van der Waals surface area contributed by atoms with E-state index < -0.39 is 10.0 Å². The average molecular weight is 288 g/mol. The molecule has 0 saturated carbocycles. The average Bonchev–Trinajstić information content (AvgIpc) is 2.83. The van der Waals surface area contributed by atoms with Gasteiger partial charge in [-0.05, 0) is 19.0 Å². The van der Waals surface area contributed by atoms with Crippen molar-refractivity contribution < 1.29 is 13.2 Å². The summed E-state index contributed by atoms with van der Waals surface area (Å²) in [6.45, 7) is 4.20. The summed E-state index contributed by atoms with van der Waals surface area (Å²) >= 11 is 0. The Hall–Kier alpha value is -0.960. The zero-order valence-electron chi connectivity index (χ0n) is 11.1. The van der Waals surface area contributed by atoms with E-state index in [0.29, 0.717) is 19.7 Å². The first-order valence-corrected chi connectivity index (χ1v) is 7.79. The number of hydrogen-bond donors (Lipinski definition) is 1. The van der Waals surface area contributed by atoms with Gasteiger partial charge in [-0.1, -0.05) is 0 Å². The van der Waals surface area contributed by atoms with Gasteiger partial charge in [0.2, 0.25) is 0 Å². The standard InChI is InChI=1S/C11H20N4O3S/c1-18-10-9-14-5-2-6-15(8-7-14)19(16,17)11-3-4-12-13-11/h3-4H,2,5-10H2,1H3,(H,12,13). The van der Waals surface area contributed by atoms with E-state index in [1.54, 1.807) is 7.11 Å². The van der Waals surface area contributed by atoms with Crippen LogP contribution in [-0.4, -0.2) is 74.3 Å². The summed E-state index contributed by atoms with van der Waals surface area (Å²) in [5.74, 6) is 0. The Morgan fingerprint density at radius 3 is 2.89 bits per heavy atom. The van der Waals surface area contributed by atoms with E-state index in [9.17, 15) is 8.42 Å². The molecule has 108 valence electrons. The van der Waals surface area contributed by atoms with E-state index in [2.05, 4.69) is 15.1 Å². The second-order valence-electron chi connectivity index (χ2n) is 4.51. The van der Waals surface area contributed by atoms with Crippen LogP contribution in [0.5, 0.6) is 0 Å². The predicted octanol–water partition coefficient (Wildman–Crippen LogP) is -0.247. The molecule has 1 aromatic heterocycles. The summed E-state index contributed by atoms with van der Waals surface area (Å²) < 4.78 is 31.2. The van der Waals surface area contributed by atoms with Gasteiger partial charge in [0.1, 0.15) is 0 Å². The first-order valence-electron chi connectivity index (χ1n) is 6.35. The molecule has 1 aliphatic heterocycles. The second-order valence-corrected chi connectivity index (χ2v) is 6.42. The summed E-state index contributed by atoms with van der Waals surface area (Å²) in [5.41, 5.74) is 0. The molecule has 0 amide bonds. The Bertz CT molecular complexity index is 474. The van der Waals surface area contributed by atoms with E-state index in [1.165, 1.54) is 16.6 Å². The molecule has 1 aliphatic rings. The molecule has 0 atom stereocenters. The molecule has 19 heavy (non-hydrogen) atoms. The number of aromatic amines is 1. The van der Waals surface area contributed by atoms with Crippen molar-refractivity contribution in [2.45, 2.75) is 11.4 Å². The number of nitrogens with one attached hydrogen (secondary N) is 1. The number of sulfonamides is 1. The SMILES string of the molecule is COCCN1CCCN(S(=O)(=O)c2ccn[nH]2)CC1. The molecule has 1 fully saturated rings. The van der Waals surface area contributed by atoms with Crippen molar-refractivity contribution in [1.29, 1.82) is 0 Å². The number of H-pyrrole nitrogens is 1. The van der Waals surface area contributed by atoms with Gasteiger partial charge in [0.25, 0.3) is 10.0 Å². The lowest BCUT2D eigenvalue weighted by Crippen LogP contribution is -2.36. The highest BCUT2D eigenvalue weighted by atomic mass is 32.2. The number of aromatic nitrogens is 2. The minimum absolute atomic E-state index is 0.165. The zero-order chi connectivity index (χ0) is 13.7. The van der Waals surface area contributed by atoms with Gasteiger partial charge < -0.3 is 4.74 Å².